The van der Waals surface area contributed by atoms with Crippen LogP contribution in [0.15, 0.2) is 12.7 Å². The van der Waals surface area contributed by atoms with E-state index in [9.17, 15) is 4.79 Å². The molecule has 0 aromatic heterocycles. The quantitative estimate of drug-likeness (QED) is 0.454. The van der Waals surface area contributed by atoms with Gasteiger partial charge in [-0.05, 0) is 5.92 Å². The van der Waals surface area contributed by atoms with Crippen molar-refractivity contribution in [1.82, 2.24) is 0 Å². The lowest BCUT2D eigenvalue weighted by Gasteiger charge is -2.09. The summed E-state index contributed by atoms with van der Waals surface area (Å²) in [5.41, 5.74) is 0. The first kappa shape index (κ1) is 18.6. The van der Waals surface area contributed by atoms with Crippen LogP contribution in [0.1, 0.15) is 72.1 Å². The third kappa shape index (κ3) is 21.1. The molecule has 0 aliphatic rings. The molecule has 0 aliphatic carbocycles. The molecular formula is C15H30O2. The molecule has 0 fully saturated rings. The van der Waals surface area contributed by atoms with Gasteiger partial charge < -0.3 is 5.11 Å². The zero-order valence-corrected chi connectivity index (χ0v) is 11.9. The van der Waals surface area contributed by atoms with Crippen molar-refractivity contribution < 1.29 is 9.90 Å². The Balaban J connectivity index is 0. The molecular weight excluding hydrogens is 212 g/mol. The van der Waals surface area contributed by atoms with Crippen molar-refractivity contribution in [3.05, 3.63) is 12.7 Å². The summed E-state index contributed by atoms with van der Waals surface area (Å²) in [6.07, 6.45) is 12.2. The van der Waals surface area contributed by atoms with Gasteiger partial charge in [0.15, 0.2) is 0 Å². The van der Waals surface area contributed by atoms with Crippen molar-refractivity contribution in [2.24, 2.45) is 5.92 Å². The zero-order chi connectivity index (χ0) is 13.5. The van der Waals surface area contributed by atoms with Crippen molar-refractivity contribution in [3.8, 4) is 0 Å². The second-order valence-corrected chi connectivity index (χ2v) is 4.64. The highest BCUT2D eigenvalue weighted by Gasteiger charge is 2.00. The molecule has 0 aromatic carbocycles. The maximum absolute atomic E-state index is 9.25. The summed E-state index contributed by atoms with van der Waals surface area (Å²) >= 11 is 0. The molecule has 0 spiro atoms. The summed E-state index contributed by atoms with van der Waals surface area (Å²) in [7, 11) is 0. The molecule has 0 aliphatic heterocycles. The third-order valence-electron chi connectivity index (χ3n) is 2.78. The first-order valence-electron chi connectivity index (χ1n) is 6.93. The van der Waals surface area contributed by atoms with Gasteiger partial charge in [-0.2, -0.15) is 0 Å². The molecule has 0 rings (SSSR count). The lowest BCUT2D eigenvalue weighted by molar-refractivity contribution is -0.131. The third-order valence-corrected chi connectivity index (χ3v) is 2.78. The Labute approximate surface area is 107 Å². The van der Waals surface area contributed by atoms with E-state index in [0.29, 0.717) is 0 Å². The number of aliphatic carboxylic acids is 1. The fourth-order valence-electron chi connectivity index (χ4n) is 1.62. The molecule has 0 heterocycles. The number of carboxylic acid groups (broad SMARTS) is 1. The van der Waals surface area contributed by atoms with Crippen molar-refractivity contribution >= 4 is 5.97 Å². The average Bonchev–Trinajstić information content (AvgIpc) is 2.32. The summed E-state index contributed by atoms with van der Waals surface area (Å²) < 4.78 is 0. The maximum Gasteiger partial charge on any atom is 0.327 e. The van der Waals surface area contributed by atoms with Crippen LogP contribution >= 0.6 is 0 Å². The van der Waals surface area contributed by atoms with Gasteiger partial charge in [0, 0.05) is 6.08 Å². The fourth-order valence-corrected chi connectivity index (χ4v) is 1.62. The Morgan fingerprint density at radius 1 is 1.12 bits per heavy atom. The molecule has 0 radical (unpaired) electrons. The van der Waals surface area contributed by atoms with Gasteiger partial charge in [0.2, 0.25) is 0 Å². The standard InChI is InChI=1S/C12H26.C3H4O2/c1-4-6-8-9-11-12(3)10-7-5-2;1-2-3(4)5/h12H,4-11H2,1-3H3;2H,1H2,(H,4,5). The smallest absolute Gasteiger partial charge is 0.327 e. The first-order chi connectivity index (χ1) is 8.08. The predicted molar refractivity (Wildman–Crippen MR) is 75.3 cm³/mol. The molecule has 102 valence electrons. The van der Waals surface area contributed by atoms with Gasteiger partial charge in [0.25, 0.3) is 0 Å². The second kappa shape index (κ2) is 15.2. The SMILES string of the molecule is C=CC(=O)O.CCCCCCC(C)CCCC. The molecule has 0 aromatic rings. The number of carbonyl (C=O) groups is 1. The number of hydrogen-bond acceptors (Lipinski definition) is 1. The van der Waals surface area contributed by atoms with Gasteiger partial charge in [-0.15, -0.1) is 0 Å². The van der Waals surface area contributed by atoms with Crippen molar-refractivity contribution in [2.45, 2.75) is 72.1 Å². The minimum atomic E-state index is -0.981. The van der Waals surface area contributed by atoms with Gasteiger partial charge in [-0.3, -0.25) is 0 Å². The molecule has 2 nitrogen and oxygen atoms in total. The van der Waals surface area contributed by atoms with Crippen LogP contribution in [0.25, 0.3) is 0 Å². The van der Waals surface area contributed by atoms with Gasteiger partial charge in [0.05, 0.1) is 0 Å². The minimum absolute atomic E-state index is 0.833. The molecule has 0 bridgehead atoms. The van der Waals surface area contributed by atoms with Crippen LogP contribution in [-0.2, 0) is 4.79 Å². The van der Waals surface area contributed by atoms with Crippen LogP contribution in [0.4, 0.5) is 0 Å². The average molecular weight is 242 g/mol. The lowest BCUT2D eigenvalue weighted by atomic mass is 9.97. The van der Waals surface area contributed by atoms with Crippen LogP contribution < -0.4 is 0 Å². The Morgan fingerprint density at radius 2 is 1.59 bits per heavy atom. The normalized spacial score (nSPS) is 11.2. The van der Waals surface area contributed by atoms with E-state index in [0.717, 1.165) is 12.0 Å². The summed E-state index contributed by atoms with van der Waals surface area (Å²) in [5.74, 6) is -0.00759. The van der Waals surface area contributed by atoms with E-state index in [1.165, 1.54) is 51.4 Å². The molecule has 2 heteroatoms. The molecule has 17 heavy (non-hydrogen) atoms. The van der Waals surface area contributed by atoms with Crippen molar-refractivity contribution in [1.29, 1.82) is 0 Å². The summed E-state index contributed by atoms with van der Waals surface area (Å²) in [6.45, 7) is 9.92. The molecule has 1 unspecified atom stereocenters. The molecule has 0 saturated heterocycles. The van der Waals surface area contributed by atoms with Crippen LogP contribution in [0.3, 0.4) is 0 Å². The number of rotatable bonds is 9. The Bertz CT molecular complexity index is 176. The predicted octanol–water partition coefficient (Wildman–Crippen LogP) is 5.04. The van der Waals surface area contributed by atoms with E-state index in [-0.39, 0.29) is 0 Å². The minimum Gasteiger partial charge on any atom is -0.478 e. The van der Waals surface area contributed by atoms with Gasteiger partial charge >= 0.3 is 5.97 Å². The van der Waals surface area contributed by atoms with Crippen LogP contribution in [0.5, 0.6) is 0 Å². The molecule has 1 atom stereocenters. The van der Waals surface area contributed by atoms with E-state index < -0.39 is 5.97 Å². The van der Waals surface area contributed by atoms with Gasteiger partial charge in [-0.1, -0.05) is 78.7 Å². The lowest BCUT2D eigenvalue weighted by Crippen LogP contribution is -1.94. The largest absolute Gasteiger partial charge is 0.478 e. The van der Waals surface area contributed by atoms with Crippen LogP contribution in [0, 0.1) is 5.92 Å². The van der Waals surface area contributed by atoms with Crippen LogP contribution in [-0.4, -0.2) is 11.1 Å². The highest BCUT2D eigenvalue weighted by molar-refractivity contribution is 5.78. The van der Waals surface area contributed by atoms with Crippen LogP contribution in [0.2, 0.25) is 0 Å². The van der Waals surface area contributed by atoms with E-state index >= 15 is 0 Å². The van der Waals surface area contributed by atoms with Crippen molar-refractivity contribution in [2.75, 3.05) is 0 Å². The molecule has 0 amide bonds. The Morgan fingerprint density at radius 3 is 2.00 bits per heavy atom. The summed E-state index contributed by atoms with van der Waals surface area (Å²) in [6, 6.07) is 0. The first-order valence-corrected chi connectivity index (χ1v) is 6.93. The molecule has 0 saturated carbocycles. The van der Waals surface area contributed by atoms with E-state index in [1.54, 1.807) is 0 Å². The summed E-state index contributed by atoms with van der Waals surface area (Å²) in [5, 5.41) is 7.60. The zero-order valence-electron chi connectivity index (χ0n) is 11.9. The summed E-state index contributed by atoms with van der Waals surface area (Å²) in [4.78, 5) is 9.25. The Kier molecular flexibility index (Phi) is 16.6. The highest BCUT2D eigenvalue weighted by atomic mass is 16.4. The van der Waals surface area contributed by atoms with E-state index in [1.807, 2.05) is 0 Å². The molecule has 1 N–H and O–H groups in total. The fraction of sp³-hybridized carbons (Fsp3) is 0.800. The highest BCUT2D eigenvalue weighted by Crippen LogP contribution is 2.15. The van der Waals surface area contributed by atoms with Gasteiger partial charge in [0.1, 0.15) is 0 Å². The van der Waals surface area contributed by atoms with Gasteiger partial charge in [-0.25, -0.2) is 4.79 Å². The topological polar surface area (TPSA) is 37.3 Å². The second-order valence-electron chi connectivity index (χ2n) is 4.64. The Hall–Kier alpha value is -0.790. The number of unbranched alkanes of at least 4 members (excludes halogenated alkanes) is 4. The number of carboxylic acids is 1. The monoisotopic (exact) mass is 242 g/mol. The maximum atomic E-state index is 9.25. The number of hydrogen-bond donors (Lipinski definition) is 1. The van der Waals surface area contributed by atoms with Crippen molar-refractivity contribution in [3.63, 3.8) is 0 Å². The van der Waals surface area contributed by atoms with E-state index in [2.05, 4.69) is 27.4 Å². The van der Waals surface area contributed by atoms with E-state index in [4.69, 9.17) is 5.11 Å².